The number of imide groups is 1. The fraction of sp³-hybridized carbons (Fsp3) is 0.500. The number of anilines is 1. The molecule has 1 spiro atoms. The lowest BCUT2D eigenvalue weighted by atomic mass is 9.98. The molecule has 1 saturated carbocycles. The molecule has 1 N–H and O–H groups in total. The Labute approximate surface area is 141 Å². The van der Waals surface area contributed by atoms with Crippen molar-refractivity contribution in [3.8, 4) is 0 Å². The Bertz CT molecular complexity index is 687. The summed E-state index contributed by atoms with van der Waals surface area (Å²) in [5.41, 5.74) is 2.12. The maximum Gasteiger partial charge on any atom is 0.325 e. The van der Waals surface area contributed by atoms with Crippen LogP contribution in [0.4, 0.5) is 10.5 Å². The number of nitrogens with zero attached hydrogens (tertiary/aromatic N) is 2. The number of carbonyl (C=O) groups excluding carboxylic acids is 3. The molecule has 0 unspecified atom stereocenters. The average molecular weight is 329 g/mol. The van der Waals surface area contributed by atoms with Gasteiger partial charge in [-0.05, 0) is 49.9 Å². The quantitative estimate of drug-likeness (QED) is 0.864. The summed E-state index contributed by atoms with van der Waals surface area (Å²) in [5.74, 6) is -0.536. The molecule has 1 aliphatic heterocycles. The second kappa shape index (κ2) is 5.92. The molecule has 1 aliphatic carbocycles. The maximum absolute atomic E-state index is 12.6. The van der Waals surface area contributed by atoms with Gasteiger partial charge in [-0.1, -0.05) is 18.9 Å². The lowest BCUT2D eigenvalue weighted by molar-refractivity contribution is -0.134. The first-order chi connectivity index (χ1) is 11.3. The van der Waals surface area contributed by atoms with Crippen LogP contribution >= 0.6 is 0 Å². The van der Waals surface area contributed by atoms with E-state index >= 15 is 0 Å². The molecule has 6 heteroatoms. The van der Waals surface area contributed by atoms with E-state index in [2.05, 4.69) is 5.32 Å². The number of benzene rings is 1. The van der Waals surface area contributed by atoms with Gasteiger partial charge < -0.3 is 10.2 Å². The molecular formula is C18H23N3O3. The van der Waals surface area contributed by atoms with Gasteiger partial charge in [-0.2, -0.15) is 0 Å². The van der Waals surface area contributed by atoms with E-state index in [1.807, 2.05) is 32.0 Å². The van der Waals surface area contributed by atoms with Crippen molar-refractivity contribution < 1.29 is 14.4 Å². The molecule has 4 amide bonds. The number of rotatable bonds is 3. The van der Waals surface area contributed by atoms with Crippen LogP contribution < -0.4 is 10.2 Å². The Morgan fingerprint density at radius 1 is 1.17 bits per heavy atom. The van der Waals surface area contributed by atoms with Gasteiger partial charge in [-0.25, -0.2) is 4.79 Å². The molecule has 1 heterocycles. The predicted molar refractivity (Wildman–Crippen MR) is 90.8 cm³/mol. The van der Waals surface area contributed by atoms with Crippen LogP contribution in [0.2, 0.25) is 0 Å². The second-order valence-electron chi connectivity index (χ2n) is 6.91. The number of urea groups is 1. The first kappa shape index (κ1) is 16.5. The fourth-order valence-corrected chi connectivity index (χ4v) is 3.67. The Morgan fingerprint density at radius 3 is 2.33 bits per heavy atom. The first-order valence-electron chi connectivity index (χ1n) is 8.31. The molecule has 1 saturated heterocycles. The van der Waals surface area contributed by atoms with Gasteiger partial charge in [-0.15, -0.1) is 0 Å². The third kappa shape index (κ3) is 2.77. The van der Waals surface area contributed by atoms with Crippen molar-refractivity contribution in [1.29, 1.82) is 0 Å². The lowest BCUT2D eigenvalue weighted by Gasteiger charge is -2.22. The van der Waals surface area contributed by atoms with E-state index in [-0.39, 0.29) is 18.4 Å². The molecule has 0 aromatic heterocycles. The summed E-state index contributed by atoms with van der Waals surface area (Å²) in [6, 6.07) is 5.40. The molecule has 2 aliphatic rings. The van der Waals surface area contributed by atoms with Gasteiger partial charge >= 0.3 is 6.03 Å². The minimum Gasteiger partial charge on any atom is -0.323 e. The van der Waals surface area contributed by atoms with E-state index in [0.717, 1.165) is 34.6 Å². The van der Waals surface area contributed by atoms with E-state index in [1.165, 1.54) is 4.90 Å². The smallest absolute Gasteiger partial charge is 0.323 e. The van der Waals surface area contributed by atoms with Crippen molar-refractivity contribution in [2.24, 2.45) is 0 Å². The van der Waals surface area contributed by atoms with E-state index in [1.54, 1.807) is 7.05 Å². The molecule has 0 atom stereocenters. The van der Waals surface area contributed by atoms with Crippen molar-refractivity contribution in [2.75, 3.05) is 18.5 Å². The Morgan fingerprint density at radius 2 is 1.75 bits per heavy atom. The largest absolute Gasteiger partial charge is 0.325 e. The number of aryl methyl sites for hydroxylation is 2. The zero-order valence-electron chi connectivity index (χ0n) is 14.4. The fourth-order valence-electron chi connectivity index (χ4n) is 3.67. The first-order valence-corrected chi connectivity index (χ1v) is 8.31. The number of carbonyl (C=O) groups is 3. The topological polar surface area (TPSA) is 69.7 Å². The molecule has 6 nitrogen and oxygen atoms in total. The molecule has 128 valence electrons. The lowest BCUT2D eigenvalue weighted by Crippen LogP contribution is -2.45. The van der Waals surface area contributed by atoms with Crippen molar-refractivity contribution in [2.45, 2.75) is 45.1 Å². The Kier molecular flexibility index (Phi) is 4.07. The van der Waals surface area contributed by atoms with E-state index in [9.17, 15) is 14.4 Å². The highest BCUT2D eigenvalue weighted by molar-refractivity contribution is 6.10. The maximum atomic E-state index is 12.6. The molecule has 1 aromatic carbocycles. The summed E-state index contributed by atoms with van der Waals surface area (Å²) < 4.78 is 0. The third-order valence-corrected chi connectivity index (χ3v) is 4.96. The van der Waals surface area contributed by atoms with Crippen LogP contribution in [-0.4, -0.2) is 41.9 Å². The summed E-state index contributed by atoms with van der Waals surface area (Å²) in [7, 11) is 1.67. The monoisotopic (exact) mass is 329 g/mol. The van der Waals surface area contributed by atoms with Crippen LogP contribution in [-0.2, 0) is 9.59 Å². The van der Waals surface area contributed by atoms with Gasteiger partial charge in [0.15, 0.2) is 0 Å². The molecule has 1 aromatic rings. The SMILES string of the molecule is Cc1cc(C)cc(N(C)C(=O)CN2C(=O)NC3(CCCC3)C2=O)c1. The zero-order chi connectivity index (χ0) is 17.5. The standard InChI is InChI=1S/C18H23N3O3/c1-12-8-13(2)10-14(9-12)20(3)15(22)11-21-16(23)18(19-17(21)24)6-4-5-7-18/h8-10H,4-7,11H2,1-3H3,(H,19,24). The van der Waals surface area contributed by atoms with Crippen LogP contribution in [0.1, 0.15) is 36.8 Å². The minimum absolute atomic E-state index is 0.226. The molecular weight excluding hydrogens is 306 g/mol. The minimum atomic E-state index is -0.768. The van der Waals surface area contributed by atoms with E-state index in [4.69, 9.17) is 0 Å². The molecule has 24 heavy (non-hydrogen) atoms. The van der Waals surface area contributed by atoms with Crippen molar-refractivity contribution in [1.82, 2.24) is 10.2 Å². The third-order valence-electron chi connectivity index (χ3n) is 4.96. The van der Waals surface area contributed by atoms with Crippen molar-refractivity contribution in [3.63, 3.8) is 0 Å². The van der Waals surface area contributed by atoms with Gasteiger partial charge in [-0.3, -0.25) is 14.5 Å². The normalized spacial score (nSPS) is 19.0. The number of hydrogen-bond acceptors (Lipinski definition) is 3. The second-order valence-corrected chi connectivity index (χ2v) is 6.91. The number of amides is 4. The van der Waals surface area contributed by atoms with Gasteiger partial charge in [0, 0.05) is 12.7 Å². The van der Waals surface area contributed by atoms with Crippen molar-refractivity contribution >= 4 is 23.5 Å². The molecule has 3 rings (SSSR count). The van der Waals surface area contributed by atoms with Crippen LogP contribution in [0.15, 0.2) is 18.2 Å². The summed E-state index contributed by atoms with van der Waals surface area (Å²) in [5, 5.41) is 2.80. The number of likely N-dealkylation sites (N-methyl/N-ethyl adjacent to an activating group) is 1. The van der Waals surface area contributed by atoms with Crippen LogP contribution in [0.3, 0.4) is 0 Å². The van der Waals surface area contributed by atoms with Crippen LogP contribution in [0, 0.1) is 13.8 Å². The van der Waals surface area contributed by atoms with Gasteiger partial charge in [0.2, 0.25) is 5.91 Å². The zero-order valence-corrected chi connectivity index (χ0v) is 14.4. The summed E-state index contributed by atoms with van der Waals surface area (Å²) in [6.45, 7) is 3.71. The highest BCUT2D eigenvalue weighted by Gasteiger charge is 2.52. The molecule has 0 bridgehead atoms. The number of nitrogens with one attached hydrogen (secondary N) is 1. The predicted octanol–water partition coefficient (Wildman–Crippen LogP) is 2.13. The Hall–Kier alpha value is -2.37. The van der Waals surface area contributed by atoms with Gasteiger partial charge in [0.05, 0.1) is 0 Å². The van der Waals surface area contributed by atoms with Gasteiger partial charge in [0.25, 0.3) is 5.91 Å². The van der Waals surface area contributed by atoms with E-state index in [0.29, 0.717) is 12.8 Å². The van der Waals surface area contributed by atoms with Crippen LogP contribution in [0.25, 0.3) is 0 Å². The Balaban J connectivity index is 1.74. The highest BCUT2D eigenvalue weighted by Crippen LogP contribution is 2.35. The summed E-state index contributed by atoms with van der Waals surface area (Å²) >= 11 is 0. The molecule has 2 fully saturated rings. The summed E-state index contributed by atoms with van der Waals surface area (Å²) in [6.07, 6.45) is 3.18. The summed E-state index contributed by atoms with van der Waals surface area (Å²) in [4.78, 5) is 39.9. The number of hydrogen-bond donors (Lipinski definition) is 1. The van der Waals surface area contributed by atoms with Gasteiger partial charge in [0.1, 0.15) is 12.1 Å². The van der Waals surface area contributed by atoms with Crippen LogP contribution in [0.5, 0.6) is 0 Å². The average Bonchev–Trinajstić information content (AvgIpc) is 3.07. The molecule has 0 radical (unpaired) electrons. The van der Waals surface area contributed by atoms with E-state index < -0.39 is 11.6 Å². The van der Waals surface area contributed by atoms with Crippen molar-refractivity contribution in [3.05, 3.63) is 29.3 Å². The highest BCUT2D eigenvalue weighted by atomic mass is 16.2.